The molecule has 0 aliphatic rings. The number of aliphatic hydroxyl groups excluding tert-OH is 1. The number of aliphatic hydroxyl groups is 1. The summed E-state index contributed by atoms with van der Waals surface area (Å²) in [6.07, 6.45) is -7.15. The van der Waals surface area contributed by atoms with Gasteiger partial charge in [0.05, 0.1) is 6.54 Å². The highest BCUT2D eigenvalue weighted by Gasteiger charge is 2.37. The van der Waals surface area contributed by atoms with Gasteiger partial charge in [-0.25, -0.2) is 0 Å². The van der Waals surface area contributed by atoms with E-state index in [4.69, 9.17) is 5.11 Å². The van der Waals surface area contributed by atoms with Gasteiger partial charge < -0.3 is 15.7 Å². The topological polar surface area (TPSA) is 61.4 Å². The van der Waals surface area contributed by atoms with E-state index in [2.05, 4.69) is 10.6 Å². The number of carbonyl (C=O) groups excluding carboxylic acids is 1. The molecule has 0 radical (unpaired) electrons. The van der Waals surface area contributed by atoms with Crippen molar-refractivity contribution in [3.8, 4) is 0 Å². The number of nitrogens with one attached hydrogen (secondary N) is 2. The van der Waals surface area contributed by atoms with Crippen molar-refractivity contribution in [3.05, 3.63) is 29.8 Å². The fourth-order valence-electron chi connectivity index (χ4n) is 1.37. The summed E-state index contributed by atoms with van der Waals surface area (Å²) in [7, 11) is 0. The summed E-state index contributed by atoms with van der Waals surface area (Å²) in [6, 6.07) is 7.03. The molecule has 1 aromatic rings. The van der Waals surface area contributed by atoms with E-state index in [1.807, 2.05) is 13.0 Å². The van der Waals surface area contributed by atoms with Crippen molar-refractivity contribution in [3.63, 3.8) is 0 Å². The van der Waals surface area contributed by atoms with Crippen molar-refractivity contribution in [2.75, 3.05) is 18.4 Å². The molecule has 0 aliphatic carbocycles. The molecule has 1 unspecified atom stereocenters. The normalized spacial score (nSPS) is 13.1. The van der Waals surface area contributed by atoms with Crippen LogP contribution in [0.3, 0.4) is 0 Å². The minimum absolute atomic E-state index is 0.304. The van der Waals surface area contributed by atoms with Gasteiger partial charge in [-0.3, -0.25) is 4.79 Å². The lowest BCUT2D eigenvalue weighted by Crippen LogP contribution is -2.41. The number of rotatable bonds is 5. The first-order chi connectivity index (χ1) is 8.79. The van der Waals surface area contributed by atoms with Crippen LogP contribution < -0.4 is 10.6 Å². The van der Waals surface area contributed by atoms with Gasteiger partial charge in [-0.15, -0.1) is 0 Å². The maximum atomic E-state index is 12.0. The third kappa shape index (κ3) is 5.71. The van der Waals surface area contributed by atoms with Crippen LogP contribution in [-0.2, 0) is 4.79 Å². The van der Waals surface area contributed by atoms with E-state index >= 15 is 0 Å². The molecule has 1 atom stereocenters. The summed E-state index contributed by atoms with van der Waals surface area (Å²) in [6.45, 7) is 0.833. The minimum atomic E-state index is -4.68. The molecule has 19 heavy (non-hydrogen) atoms. The Morgan fingerprint density at radius 1 is 1.42 bits per heavy atom. The van der Waals surface area contributed by atoms with Gasteiger partial charge in [0, 0.05) is 12.2 Å². The third-order valence-corrected chi connectivity index (χ3v) is 2.30. The second-order valence-corrected chi connectivity index (χ2v) is 4.11. The van der Waals surface area contributed by atoms with Gasteiger partial charge >= 0.3 is 6.18 Å². The number of anilines is 1. The Bertz CT molecular complexity index is 435. The third-order valence-electron chi connectivity index (χ3n) is 2.30. The van der Waals surface area contributed by atoms with Crippen LogP contribution in [0.25, 0.3) is 0 Å². The summed E-state index contributed by atoms with van der Waals surface area (Å²) >= 11 is 0. The lowest BCUT2D eigenvalue weighted by Gasteiger charge is -2.14. The van der Waals surface area contributed by atoms with Crippen molar-refractivity contribution >= 4 is 11.6 Å². The molecule has 0 saturated carbocycles. The van der Waals surface area contributed by atoms with E-state index in [0.29, 0.717) is 5.69 Å². The number of aryl methyl sites for hydroxylation is 1. The zero-order valence-corrected chi connectivity index (χ0v) is 10.3. The predicted molar refractivity (Wildman–Crippen MR) is 64.7 cm³/mol. The number of hydrogen-bond acceptors (Lipinski definition) is 3. The smallest absolute Gasteiger partial charge is 0.382 e. The van der Waals surface area contributed by atoms with Gasteiger partial charge in [0.2, 0.25) is 5.91 Å². The van der Waals surface area contributed by atoms with Crippen LogP contribution in [0.4, 0.5) is 18.9 Å². The first-order valence-electron chi connectivity index (χ1n) is 5.61. The van der Waals surface area contributed by atoms with Gasteiger partial charge in [0.1, 0.15) is 0 Å². The van der Waals surface area contributed by atoms with Crippen molar-refractivity contribution in [2.45, 2.75) is 19.2 Å². The highest BCUT2D eigenvalue weighted by Crippen LogP contribution is 2.19. The van der Waals surface area contributed by atoms with Crippen molar-refractivity contribution in [2.24, 2.45) is 0 Å². The van der Waals surface area contributed by atoms with Gasteiger partial charge in [0.25, 0.3) is 0 Å². The van der Waals surface area contributed by atoms with Gasteiger partial charge in [-0.2, -0.15) is 13.2 Å². The molecule has 3 N–H and O–H groups in total. The Kier molecular flexibility index (Phi) is 5.31. The summed E-state index contributed by atoms with van der Waals surface area (Å²) in [4.78, 5) is 11.4. The van der Waals surface area contributed by atoms with E-state index in [-0.39, 0.29) is 6.54 Å². The molecule has 0 bridgehead atoms. The first-order valence-corrected chi connectivity index (χ1v) is 5.61. The van der Waals surface area contributed by atoms with Crippen molar-refractivity contribution in [1.29, 1.82) is 0 Å². The number of amides is 1. The molecule has 106 valence electrons. The van der Waals surface area contributed by atoms with Crippen LogP contribution in [0, 0.1) is 6.92 Å². The minimum Gasteiger partial charge on any atom is -0.382 e. The number of hydrogen-bond donors (Lipinski definition) is 3. The van der Waals surface area contributed by atoms with E-state index in [9.17, 15) is 18.0 Å². The molecule has 1 aromatic carbocycles. The van der Waals surface area contributed by atoms with Crippen LogP contribution in [0.1, 0.15) is 5.56 Å². The zero-order chi connectivity index (χ0) is 14.5. The first kappa shape index (κ1) is 15.5. The second-order valence-electron chi connectivity index (χ2n) is 4.11. The summed E-state index contributed by atoms with van der Waals surface area (Å²) in [5.41, 5.74) is 1.53. The Balaban J connectivity index is 2.33. The average molecular weight is 276 g/mol. The average Bonchev–Trinajstić information content (AvgIpc) is 2.27. The van der Waals surface area contributed by atoms with Gasteiger partial charge in [-0.1, -0.05) is 12.1 Å². The standard InChI is InChI=1S/C12H15F3N2O2/c1-8-3-2-4-9(5-8)17-11(19)7-16-6-10(18)12(13,14)15/h2-5,10,16,18H,6-7H2,1H3,(H,17,19). The largest absolute Gasteiger partial charge is 0.415 e. The quantitative estimate of drug-likeness (QED) is 0.762. The predicted octanol–water partition coefficient (Wildman–Crippen LogP) is 1.45. The van der Waals surface area contributed by atoms with Crippen LogP contribution in [0.15, 0.2) is 24.3 Å². The second kappa shape index (κ2) is 6.53. The molecule has 1 rings (SSSR count). The molecule has 7 heteroatoms. The summed E-state index contributed by atoms with van der Waals surface area (Å²) in [5, 5.41) is 13.5. The summed E-state index contributed by atoms with van der Waals surface area (Å²) in [5.74, 6) is -0.472. The van der Waals surface area contributed by atoms with E-state index < -0.39 is 24.7 Å². The van der Waals surface area contributed by atoms with Crippen LogP contribution in [0.2, 0.25) is 0 Å². The highest BCUT2D eigenvalue weighted by atomic mass is 19.4. The Morgan fingerprint density at radius 3 is 2.68 bits per heavy atom. The Labute approximate surface area is 108 Å². The van der Waals surface area contributed by atoms with Crippen LogP contribution in [-0.4, -0.2) is 36.4 Å². The molecule has 0 aromatic heterocycles. The number of carbonyl (C=O) groups is 1. The molecule has 0 spiro atoms. The fraction of sp³-hybridized carbons (Fsp3) is 0.417. The number of benzene rings is 1. The monoisotopic (exact) mass is 276 g/mol. The molecule has 0 saturated heterocycles. The van der Waals surface area contributed by atoms with E-state index in [1.165, 1.54) is 0 Å². The maximum absolute atomic E-state index is 12.0. The lowest BCUT2D eigenvalue weighted by atomic mass is 10.2. The maximum Gasteiger partial charge on any atom is 0.415 e. The fourth-order valence-corrected chi connectivity index (χ4v) is 1.37. The van der Waals surface area contributed by atoms with Crippen LogP contribution in [0.5, 0.6) is 0 Å². The van der Waals surface area contributed by atoms with Gasteiger partial charge in [0.15, 0.2) is 6.10 Å². The van der Waals surface area contributed by atoms with Crippen LogP contribution >= 0.6 is 0 Å². The number of alkyl halides is 3. The van der Waals surface area contributed by atoms with E-state index in [1.54, 1.807) is 18.2 Å². The molecule has 1 amide bonds. The Morgan fingerprint density at radius 2 is 2.11 bits per heavy atom. The molecular weight excluding hydrogens is 261 g/mol. The highest BCUT2D eigenvalue weighted by molar-refractivity contribution is 5.92. The molecule has 0 heterocycles. The van der Waals surface area contributed by atoms with Gasteiger partial charge in [-0.05, 0) is 24.6 Å². The molecular formula is C12H15F3N2O2. The molecule has 0 aliphatic heterocycles. The lowest BCUT2D eigenvalue weighted by molar-refractivity contribution is -0.201. The molecule has 0 fully saturated rings. The van der Waals surface area contributed by atoms with E-state index in [0.717, 1.165) is 5.56 Å². The number of halogens is 3. The SMILES string of the molecule is Cc1cccc(NC(=O)CNCC(O)C(F)(F)F)c1. The Hall–Kier alpha value is -1.60. The van der Waals surface area contributed by atoms with Crippen molar-refractivity contribution < 1.29 is 23.1 Å². The summed E-state index contributed by atoms with van der Waals surface area (Å²) < 4.78 is 35.9. The molecule has 4 nitrogen and oxygen atoms in total. The zero-order valence-electron chi connectivity index (χ0n) is 10.3. The van der Waals surface area contributed by atoms with Crippen molar-refractivity contribution in [1.82, 2.24) is 5.32 Å².